The highest BCUT2D eigenvalue weighted by Gasteiger charge is 2.10. The predicted molar refractivity (Wildman–Crippen MR) is 74.3 cm³/mol. The molecule has 1 aromatic heterocycles. The molecule has 4 N–H and O–H groups in total. The van der Waals surface area contributed by atoms with Crippen molar-refractivity contribution in [2.75, 3.05) is 6.54 Å². The Bertz CT molecular complexity index is 554. The van der Waals surface area contributed by atoms with Gasteiger partial charge in [0.2, 0.25) is 11.7 Å². The maximum Gasteiger partial charge on any atom is 0.226 e. The van der Waals surface area contributed by atoms with Crippen molar-refractivity contribution in [1.29, 1.82) is 0 Å². The third kappa shape index (κ3) is 3.71. The fraction of sp³-hybridized carbons (Fsp3) is 0.429. The molecule has 6 nitrogen and oxygen atoms in total. The molecule has 0 aliphatic heterocycles. The van der Waals surface area contributed by atoms with E-state index in [1.54, 1.807) is 6.07 Å². The Labute approximate surface area is 117 Å². The van der Waals surface area contributed by atoms with Crippen molar-refractivity contribution >= 4 is 0 Å². The van der Waals surface area contributed by atoms with Gasteiger partial charge in [0.05, 0.1) is 0 Å². The molecule has 0 aliphatic rings. The van der Waals surface area contributed by atoms with Crippen molar-refractivity contribution in [2.45, 2.75) is 32.1 Å². The van der Waals surface area contributed by atoms with Gasteiger partial charge >= 0.3 is 0 Å². The SMILES string of the molecule is NCCCCCCc1nc(-c2ccc(O)c(O)c2)no1. The molecule has 0 unspecified atom stereocenters. The molecule has 108 valence electrons. The van der Waals surface area contributed by atoms with E-state index >= 15 is 0 Å². The van der Waals surface area contributed by atoms with Gasteiger partial charge in [-0.15, -0.1) is 0 Å². The van der Waals surface area contributed by atoms with Gasteiger partial charge in [-0.05, 0) is 37.6 Å². The Morgan fingerprint density at radius 2 is 1.85 bits per heavy atom. The number of phenolic OH excluding ortho intramolecular Hbond substituents is 2. The molecule has 1 heterocycles. The lowest BCUT2D eigenvalue weighted by atomic mass is 10.1. The van der Waals surface area contributed by atoms with E-state index in [-0.39, 0.29) is 11.5 Å². The normalized spacial score (nSPS) is 10.8. The molecule has 0 spiro atoms. The van der Waals surface area contributed by atoms with Gasteiger partial charge in [0, 0.05) is 12.0 Å². The molecule has 6 heteroatoms. The van der Waals surface area contributed by atoms with Crippen LogP contribution in [0.4, 0.5) is 0 Å². The van der Waals surface area contributed by atoms with E-state index in [2.05, 4.69) is 10.1 Å². The molecule has 2 aromatic rings. The van der Waals surface area contributed by atoms with Gasteiger partial charge in [-0.3, -0.25) is 0 Å². The molecule has 0 saturated carbocycles. The standard InChI is InChI=1S/C14H19N3O3/c15-8-4-2-1-3-5-13-16-14(17-20-13)10-6-7-11(18)12(19)9-10/h6-7,9,18-19H,1-5,8,15H2. The summed E-state index contributed by atoms with van der Waals surface area (Å²) < 4.78 is 5.17. The van der Waals surface area contributed by atoms with E-state index in [1.165, 1.54) is 12.1 Å². The van der Waals surface area contributed by atoms with E-state index in [0.717, 1.165) is 38.6 Å². The van der Waals surface area contributed by atoms with Gasteiger partial charge in [0.1, 0.15) is 0 Å². The summed E-state index contributed by atoms with van der Waals surface area (Å²) >= 11 is 0. The summed E-state index contributed by atoms with van der Waals surface area (Å²) in [5, 5.41) is 22.6. The Kier molecular flexibility index (Phi) is 4.95. The topological polar surface area (TPSA) is 105 Å². The van der Waals surface area contributed by atoms with Crippen molar-refractivity contribution in [3.63, 3.8) is 0 Å². The summed E-state index contributed by atoms with van der Waals surface area (Å²) in [4.78, 5) is 4.27. The first-order valence-corrected chi connectivity index (χ1v) is 6.75. The number of benzene rings is 1. The number of unbranched alkanes of at least 4 members (excludes halogenated alkanes) is 3. The Morgan fingerprint density at radius 3 is 2.60 bits per heavy atom. The summed E-state index contributed by atoms with van der Waals surface area (Å²) in [6, 6.07) is 4.43. The van der Waals surface area contributed by atoms with Crippen LogP contribution in [0.1, 0.15) is 31.6 Å². The van der Waals surface area contributed by atoms with Crippen molar-refractivity contribution in [1.82, 2.24) is 10.1 Å². The zero-order chi connectivity index (χ0) is 14.4. The predicted octanol–water partition coefficient (Wildman–Crippen LogP) is 2.21. The second-order valence-electron chi connectivity index (χ2n) is 4.67. The fourth-order valence-corrected chi connectivity index (χ4v) is 1.91. The second kappa shape index (κ2) is 6.91. The molecule has 0 radical (unpaired) electrons. The third-order valence-corrected chi connectivity index (χ3v) is 3.05. The van der Waals surface area contributed by atoms with Gasteiger partial charge in [-0.2, -0.15) is 4.98 Å². The van der Waals surface area contributed by atoms with Crippen LogP contribution in [0.15, 0.2) is 22.7 Å². The maximum absolute atomic E-state index is 9.45. The van der Waals surface area contributed by atoms with Crippen LogP contribution < -0.4 is 5.73 Å². The first kappa shape index (κ1) is 14.3. The van der Waals surface area contributed by atoms with E-state index < -0.39 is 0 Å². The van der Waals surface area contributed by atoms with Gasteiger partial charge in [-0.25, -0.2) is 0 Å². The lowest BCUT2D eigenvalue weighted by Gasteiger charge is -1.98. The summed E-state index contributed by atoms with van der Waals surface area (Å²) in [5.41, 5.74) is 6.04. The largest absolute Gasteiger partial charge is 0.504 e. The van der Waals surface area contributed by atoms with Crippen LogP contribution in [0.5, 0.6) is 11.5 Å². The number of rotatable bonds is 7. The fourth-order valence-electron chi connectivity index (χ4n) is 1.91. The van der Waals surface area contributed by atoms with Crippen molar-refractivity contribution in [2.24, 2.45) is 5.73 Å². The minimum Gasteiger partial charge on any atom is -0.504 e. The number of hydrogen-bond donors (Lipinski definition) is 3. The van der Waals surface area contributed by atoms with Crippen LogP contribution in [-0.4, -0.2) is 26.9 Å². The lowest BCUT2D eigenvalue weighted by molar-refractivity contribution is 0.374. The Balaban J connectivity index is 1.93. The number of aryl methyl sites for hydroxylation is 1. The van der Waals surface area contributed by atoms with Crippen LogP contribution in [0.2, 0.25) is 0 Å². The zero-order valence-corrected chi connectivity index (χ0v) is 11.2. The van der Waals surface area contributed by atoms with Crippen LogP contribution in [0.3, 0.4) is 0 Å². The van der Waals surface area contributed by atoms with Crippen molar-refractivity contribution in [3.05, 3.63) is 24.1 Å². The first-order chi connectivity index (χ1) is 9.70. The highest BCUT2D eigenvalue weighted by molar-refractivity contribution is 5.59. The molecule has 0 bridgehead atoms. The molecule has 0 saturated heterocycles. The van der Waals surface area contributed by atoms with Crippen LogP contribution >= 0.6 is 0 Å². The van der Waals surface area contributed by atoms with Crippen molar-refractivity contribution in [3.8, 4) is 22.9 Å². The van der Waals surface area contributed by atoms with E-state index in [1.807, 2.05) is 0 Å². The molecule has 0 aliphatic carbocycles. The summed E-state index contributed by atoms with van der Waals surface area (Å²) in [5.74, 6) is 0.630. The van der Waals surface area contributed by atoms with E-state index in [4.69, 9.17) is 10.3 Å². The average molecular weight is 277 g/mol. The number of hydrogen-bond acceptors (Lipinski definition) is 6. The van der Waals surface area contributed by atoms with Gasteiger partial charge in [-0.1, -0.05) is 18.0 Å². The van der Waals surface area contributed by atoms with Crippen LogP contribution in [0, 0.1) is 0 Å². The number of aromatic nitrogens is 2. The summed E-state index contributed by atoms with van der Waals surface area (Å²) in [6.45, 7) is 0.731. The minimum absolute atomic E-state index is 0.169. The van der Waals surface area contributed by atoms with Crippen LogP contribution in [0.25, 0.3) is 11.4 Å². The maximum atomic E-state index is 9.45. The van der Waals surface area contributed by atoms with Gasteiger partial charge in [0.15, 0.2) is 11.5 Å². The quantitative estimate of drug-likeness (QED) is 0.529. The number of phenols is 2. The Morgan fingerprint density at radius 1 is 1.05 bits per heavy atom. The smallest absolute Gasteiger partial charge is 0.226 e. The number of nitrogens with two attached hydrogens (primary N) is 1. The Hall–Kier alpha value is -2.08. The molecule has 0 atom stereocenters. The minimum atomic E-state index is -0.198. The monoisotopic (exact) mass is 277 g/mol. The average Bonchev–Trinajstić information content (AvgIpc) is 2.90. The number of aromatic hydroxyl groups is 2. The highest BCUT2D eigenvalue weighted by atomic mass is 16.5. The van der Waals surface area contributed by atoms with Gasteiger partial charge < -0.3 is 20.5 Å². The second-order valence-corrected chi connectivity index (χ2v) is 4.67. The molecule has 0 amide bonds. The summed E-state index contributed by atoms with van der Waals surface area (Å²) in [7, 11) is 0. The molecule has 1 aromatic carbocycles. The molecular weight excluding hydrogens is 258 g/mol. The van der Waals surface area contributed by atoms with E-state index in [0.29, 0.717) is 17.3 Å². The molecule has 0 fully saturated rings. The number of nitrogens with zero attached hydrogens (tertiary/aromatic N) is 2. The van der Waals surface area contributed by atoms with E-state index in [9.17, 15) is 10.2 Å². The molecule has 20 heavy (non-hydrogen) atoms. The molecular formula is C14H19N3O3. The zero-order valence-electron chi connectivity index (χ0n) is 11.2. The highest BCUT2D eigenvalue weighted by Crippen LogP contribution is 2.29. The van der Waals surface area contributed by atoms with Crippen molar-refractivity contribution < 1.29 is 14.7 Å². The van der Waals surface area contributed by atoms with Crippen LogP contribution in [-0.2, 0) is 6.42 Å². The summed E-state index contributed by atoms with van der Waals surface area (Å²) in [6.07, 6.45) is 4.98. The van der Waals surface area contributed by atoms with Gasteiger partial charge in [0.25, 0.3) is 0 Å². The first-order valence-electron chi connectivity index (χ1n) is 6.75. The molecule has 2 rings (SSSR count). The third-order valence-electron chi connectivity index (χ3n) is 3.05. The lowest BCUT2D eigenvalue weighted by Crippen LogP contribution is -1.97.